The predicted molar refractivity (Wildman–Crippen MR) is 69.4 cm³/mol. The molecule has 0 spiro atoms. The number of rotatable bonds is 4. The fourth-order valence-electron chi connectivity index (χ4n) is 2.54. The minimum Gasteiger partial charge on any atom is -0.390 e. The number of amides is 1. The summed E-state index contributed by atoms with van der Waals surface area (Å²) in [5.41, 5.74) is 0. The molecule has 104 valence electrons. The van der Waals surface area contributed by atoms with E-state index in [1.54, 1.807) is 0 Å². The molecule has 1 unspecified atom stereocenters. The predicted octanol–water partition coefficient (Wildman–Crippen LogP) is -1.93. The number of nitrogens with one attached hydrogen (secondary N) is 2. The van der Waals surface area contributed by atoms with Gasteiger partial charge in [-0.25, -0.2) is 0 Å². The van der Waals surface area contributed by atoms with Crippen molar-refractivity contribution in [3.05, 3.63) is 0 Å². The summed E-state index contributed by atoms with van der Waals surface area (Å²) in [6.45, 7) is 7.73. The van der Waals surface area contributed by atoms with Gasteiger partial charge in [0.2, 0.25) is 5.91 Å². The monoisotopic (exact) mass is 256 g/mol. The Morgan fingerprint density at radius 1 is 1.06 bits per heavy atom. The van der Waals surface area contributed by atoms with Gasteiger partial charge in [-0.05, 0) is 0 Å². The smallest absolute Gasteiger partial charge is 0.221 e. The summed E-state index contributed by atoms with van der Waals surface area (Å²) >= 11 is 0. The fourth-order valence-corrected chi connectivity index (χ4v) is 2.54. The highest BCUT2D eigenvalue weighted by Gasteiger charge is 2.19. The van der Waals surface area contributed by atoms with Gasteiger partial charge < -0.3 is 15.7 Å². The first-order valence-corrected chi connectivity index (χ1v) is 6.84. The molecule has 0 aliphatic carbocycles. The van der Waals surface area contributed by atoms with Crippen LogP contribution in [0.15, 0.2) is 0 Å². The number of β-amino-alcohol motifs (C(OH)–C–C–N with tert-alkyl or cyclic N) is 1. The summed E-state index contributed by atoms with van der Waals surface area (Å²) in [6, 6.07) is 0. The van der Waals surface area contributed by atoms with Gasteiger partial charge in [0.25, 0.3) is 0 Å². The van der Waals surface area contributed by atoms with E-state index in [2.05, 4.69) is 20.4 Å². The van der Waals surface area contributed by atoms with Crippen LogP contribution in [0.3, 0.4) is 0 Å². The van der Waals surface area contributed by atoms with Gasteiger partial charge >= 0.3 is 0 Å². The molecule has 6 heteroatoms. The highest BCUT2D eigenvalue weighted by Crippen LogP contribution is 2.01. The molecular formula is C12H24N4O2. The van der Waals surface area contributed by atoms with Gasteiger partial charge in [-0.15, -0.1) is 0 Å². The molecule has 0 bridgehead atoms. The topological polar surface area (TPSA) is 67.8 Å². The van der Waals surface area contributed by atoms with E-state index in [0.29, 0.717) is 19.5 Å². The van der Waals surface area contributed by atoms with Crippen LogP contribution in [-0.2, 0) is 4.79 Å². The molecule has 0 saturated carbocycles. The van der Waals surface area contributed by atoms with E-state index in [-0.39, 0.29) is 12.0 Å². The first-order chi connectivity index (χ1) is 8.74. The number of carbonyl (C=O) groups excluding carboxylic acids is 1. The molecule has 0 aromatic rings. The van der Waals surface area contributed by atoms with E-state index in [0.717, 1.165) is 45.8 Å². The average Bonchev–Trinajstić information content (AvgIpc) is 2.56. The van der Waals surface area contributed by atoms with Gasteiger partial charge in [0.05, 0.1) is 6.10 Å². The summed E-state index contributed by atoms with van der Waals surface area (Å²) in [5.74, 6) is 0.120. The third-order valence-corrected chi connectivity index (χ3v) is 3.55. The second kappa shape index (κ2) is 7.04. The third-order valence-electron chi connectivity index (χ3n) is 3.55. The third kappa shape index (κ3) is 4.53. The number of hydrogen-bond acceptors (Lipinski definition) is 5. The molecule has 0 aromatic heterocycles. The first kappa shape index (κ1) is 13.7. The van der Waals surface area contributed by atoms with Crippen LogP contribution >= 0.6 is 0 Å². The zero-order valence-electron chi connectivity index (χ0n) is 10.9. The number of nitrogens with zero attached hydrogens (tertiary/aromatic N) is 2. The van der Waals surface area contributed by atoms with Crippen LogP contribution in [0.2, 0.25) is 0 Å². The highest BCUT2D eigenvalue weighted by atomic mass is 16.3. The van der Waals surface area contributed by atoms with Crippen molar-refractivity contribution in [1.82, 2.24) is 20.4 Å². The molecule has 3 N–H and O–H groups in total. The summed E-state index contributed by atoms with van der Waals surface area (Å²) < 4.78 is 0. The van der Waals surface area contributed by atoms with Gasteiger partial charge in [0, 0.05) is 65.3 Å². The lowest BCUT2D eigenvalue weighted by Crippen LogP contribution is -2.48. The zero-order valence-corrected chi connectivity index (χ0v) is 10.9. The molecule has 2 saturated heterocycles. The van der Waals surface area contributed by atoms with Gasteiger partial charge in [-0.2, -0.15) is 0 Å². The Hall–Kier alpha value is -0.690. The zero-order chi connectivity index (χ0) is 12.8. The van der Waals surface area contributed by atoms with E-state index >= 15 is 0 Å². The lowest BCUT2D eigenvalue weighted by atomic mass is 10.2. The Labute approximate surface area is 108 Å². The van der Waals surface area contributed by atoms with Gasteiger partial charge in [-0.3, -0.25) is 14.6 Å². The van der Waals surface area contributed by atoms with Crippen LogP contribution in [0.25, 0.3) is 0 Å². The molecule has 0 radical (unpaired) electrons. The van der Waals surface area contributed by atoms with Crippen LogP contribution in [0.1, 0.15) is 6.42 Å². The fraction of sp³-hybridized carbons (Fsp3) is 0.917. The Balaban J connectivity index is 1.69. The maximum absolute atomic E-state index is 11.2. The number of carbonyl (C=O) groups is 1. The summed E-state index contributed by atoms with van der Waals surface area (Å²) in [7, 11) is 0. The van der Waals surface area contributed by atoms with Crippen molar-refractivity contribution in [2.45, 2.75) is 12.5 Å². The van der Waals surface area contributed by atoms with Crippen LogP contribution in [-0.4, -0.2) is 85.8 Å². The number of piperazine rings is 1. The molecule has 2 fully saturated rings. The summed E-state index contributed by atoms with van der Waals surface area (Å²) in [5, 5.41) is 16.3. The largest absolute Gasteiger partial charge is 0.390 e. The van der Waals surface area contributed by atoms with Crippen molar-refractivity contribution in [2.24, 2.45) is 0 Å². The maximum atomic E-state index is 11.2. The normalized spacial score (nSPS) is 25.5. The van der Waals surface area contributed by atoms with E-state index in [4.69, 9.17) is 0 Å². The van der Waals surface area contributed by atoms with Gasteiger partial charge in [0.1, 0.15) is 0 Å². The van der Waals surface area contributed by atoms with E-state index in [1.165, 1.54) is 0 Å². The molecule has 1 amide bonds. The van der Waals surface area contributed by atoms with E-state index in [1.807, 2.05) is 0 Å². The number of aliphatic hydroxyl groups is 1. The lowest BCUT2D eigenvalue weighted by molar-refractivity contribution is -0.120. The lowest BCUT2D eigenvalue weighted by Gasteiger charge is -2.31. The molecular weight excluding hydrogens is 232 g/mol. The summed E-state index contributed by atoms with van der Waals surface area (Å²) in [4.78, 5) is 15.7. The van der Waals surface area contributed by atoms with E-state index in [9.17, 15) is 9.90 Å². The SMILES string of the molecule is O=C1CCN(CC(O)CN2CCNCC2)CCN1. The Kier molecular flexibility index (Phi) is 5.37. The molecule has 1 atom stereocenters. The molecule has 6 nitrogen and oxygen atoms in total. The van der Waals surface area contributed by atoms with Crippen molar-refractivity contribution >= 4 is 5.91 Å². The second-order valence-electron chi connectivity index (χ2n) is 5.10. The Morgan fingerprint density at radius 3 is 2.39 bits per heavy atom. The molecule has 18 heavy (non-hydrogen) atoms. The van der Waals surface area contributed by atoms with Crippen molar-refractivity contribution in [2.75, 3.05) is 58.9 Å². The van der Waals surface area contributed by atoms with Crippen LogP contribution in [0.4, 0.5) is 0 Å². The summed E-state index contributed by atoms with van der Waals surface area (Å²) in [6.07, 6.45) is 0.219. The quantitative estimate of drug-likeness (QED) is 0.547. The number of aliphatic hydroxyl groups excluding tert-OH is 1. The number of hydrogen-bond donors (Lipinski definition) is 3. The standard InChI is InChI=1S/C12H24N4O2/c17-11(10-16-6-2-13-3-7-16)9-15-5-1-12(18)14-4-8-15/h11,13,17H,1-10H2,(H,14,18). The van der Waals surface area contributed by atoms with E-state index < -0.39 is 0 Å². The van der Waals surface area contributed by atoms with Gasteiger partial charge in [0.15, 0.2) is 0 Å². The van der Waals surface area contributed by atoms with Crippen molar-refractivity contribution in [3.8, 4) is 0 Å². The molecule has 2 heterocycles. The van der Waals surface area contributed by atoms with Crippen LogP contribution < -0.4 is 10.6 Å². The van der Waals surface area contributed by atoms with Crippen molar-refractivity contribution < 1.29 is 9.90 Å². The van der Waals surface area contributed by atoms with Crippen LogP contribution in [0, 0.1) is 0 Å². The Morgan fingerprint density at radius 2 is 1.67 bits per heavy atom. The average molecular weight is 256 g/mol. The van der Waals surface area contributed by atoms with Crippen molar-refractivity contribution in [1.29, 1.82) is 0 Å². The highest BCUT2D eigenvalue weighted by molar-refractivity contribution is 5.76. The van der Waals surface area contributed by atoms with Crippen LogP contribution in [0.5, 0.6) is 0 Å². The molecule has 2 aliphatic heterocycles. The minimum atomic E-state index is -0.323. The molecule has 2 aliphatic rings. The van der Waals surface area contributed by atoms with Gasteiger partial charge in [-0.1, -0.05) is 0 Å². The molecule has 2 rings (SSSR count). The second-order valence-corrected chi connectivity index (χ2v) is 5.10. The minimum absolute atomic E-state index is 0.120. The van der Waals surface area contributed by atoms with Crippen molar-refractivity contribution in [3.63, 3.8) is 0 Å². The first-order valence-electron chi connectivity index (χ1n) is 6.84. The Bertz CT molecular complexity index is 269. The maximum Gasteiger partial charge on any atom is 0.221 e. The molecule has 0 aromatic carbocycles.